The van der Waals surface area contributed by atoms with Crippen molar-refractivity contribution in [3.8, 4) is 5.75 Å². The molecule has 6 nitrogen and oxygen atoms in total. The predicted octanol–water partition coefficient (Wildman–Crippen LogP) is 4.25. The molecule has 1 saturated heterocycles. The summed E-state index contributed by atoms with van der Waals surface area (Å²) in [5.74, 6) is 0.928. The van der Waals surface area contributed by atoms with Crippen molar-refractivity contribution in [2.75, 3.05) is 25.0 Å². The molecule has 1 N–H and O–H groups in total. The number of halogens is 2. The first-order chi connectivity index (χ1) is 14.1. The number of ether oxygens (including phenoxy) is 1. The summed E-state index contributed by atoms with van der Waals surface area (Å²) in [7, 11) is 0. The smallest absolute Gasteiger partial charge is 0.387 e. The lowest BCUT2D eigenvalue weighted by Crippen LogP contribution is -2.38. The number of likely N-dealkylation sites (tertiary alicyclic amines) is 1. The number of carbonyl (C=O) groups excluding carboxylic acids is 1. The lowest BCUT2D eigenvalue weighted by atomic mass is 9.97. The van der Waals surface area contributed by atoms with Gasteiger partial charge in [-0.25, -0.2) is 4.98 Å². The van der Waals surface area contributed by atoms with Crippen LogP contribution in [0.3, 0.4) is 0 Å². The summed E-state index contributed by atoms with van der Waals surface area (Å²) in [6, 6.07) is 13.6. The van der Waals surface area contributed by atoms with Crippen LogP contribution in [0.15, 0.2) is 52.9 Å². The van der Waals surface area contributed by atoms with E-state index in [1.807, 2.05) is 24.3 Å². The lowest BCUT2D eigenvalue weighted by molar-refractivity contribution is -0.117. The number of oxazole rings is 1. The van der Waals surface area contributed by atoms with E-state index in [0.717, 1.165) is 42.9 Å². The zero-order valence-corrected chi connectivity index (χ0v) is 15.7. The molecule has 0 spiro atoms. The highest BCUT2D eigenvalue weighted by Gasteiger charge is 2.25. The van der Waals surface area contributed by atoms with Crippen LogP contribution in [-0.2, 0) is 4.79 Å². The van der Waals surface area contributed by atoms with Gasteiger partial charge < -0.3 is 14.5 Å². The zero-order chi connectivity index (χ0) is 20.2. The van der Waals surface area contributed by atoms with Gasteiger partial charge in [0.25, 0.3) is 0 Å². The second-order valence-corrected chi connectivity index (χ2v) is 7.02. The monoisotopic (exact) mass is 401 g/mol. The summed E-state index contributed by atoms with van der Waals surface area (Å²) in [6.45, 7) is -1.04. The van der Waals surface area contributed by atoms with Crippen molar-refractivity contribution in [3.63, 3.8) is 0 Å². The third-order valence-corrected chi connectivity index (χ3v) is 4.98. The molecular formula is C21H21F2N3O3. The zero-order valence-electron chi connectivity index (χ0n) is 15.7. The number of fused-ring (bicyclic) bond motifs is 1. The predicted molar refractivity (Wildman–Crippen MR) is 104 cm³/mol. The van der Waals surface area contributed by atoms with E-state index < -0.39 is 6.61 Å². The van der Waals surface area contributed by atoms with Gasteiger partial charge in [0.05, 0.1) is 6.54 Å². The van der Waals surface area contributed by atoms with Crippen LogP contribution in [0.25, 0.3) is 11.1 Å². The van der Waals surface area contributed by atoms with Crippen LogP contribution in [0.1, 0.15) is 24.7 Å². The fourth-order valence-electron chi connectivity index (χ4n) is 3.53. The molecule has 4 rings (SSSR count). The lowest BCUT2D eigenvalue weighted by Gasteiger charge is -2.29. The Labute approximate surface area is 166 Å². The highest BCUT2D eigenvalue weighted by Crippen LogP contribution is 2.29. The van der Waals surface area contributed by atoms with E-state index in [1.165, 1.54) is 24.3 Å². The Hall–Kier alpha value is -3.00. The molecule has 0 atom stereocenters. The van der Waals surface area contributed by atoms with E-state index in [-0.39, 0.29) is 24.1 Å². The SMILES string of the molecule is O=C(CN1CCC(c2nc3ccccc3o2)CC1)Nc1ccc(OC(F)F)cc1. The molecule has 2 aromatic carbocycles. The first-order valence-electron chi connectivity index (χ1n) is 9.49. The van der Waals surface area contributed by atoms with Crippen molar-refractivity contribution in [3.05, 3.63) is 54.4 Å². The summed E-state index contributed by atoms with van der Waals surface area (Å²) < 4.78 is 34.5. The molecule has 0 saturated carbocycles. The highest BCUT2D eigenvalue weighted by atomic mass is 19.3. The number of nitrogens with one attached hydrogen (secondary N) is 1. The highest BCUT2D eigenvalue weighted by molar-refractivity contribution is 5.92. The van der Waals surface area contributed by atoms with Crippen LogP contribution in [0.2, 0.25) is 0 Å². The second kappa shape index (κ2) is 8.57. The number of hydrogen-bond acceptors (Lipinski definition) is 5. The van der Waals surface area contributed by atoms with Crippen LogP contribution in [-0.4, -0.2) is 42.0 Å². The third kappa shape index (κ3) is 4.89. The molecule has 29 heavy (non-hydrogen) atoms. The Bertz CT molecular complexity index is 934. The summed E-state index contributed by atoms with van der Waals surface area (Å²) in [4.78, 5) is 18.9. The number of benzene rings is 2. The average molecular weight is 401 g/mol. The van der Waals surface area contributed by atoms with Crippen molar-refractivity contribution < 1.29 is 22.7 Å². The van der Waals surface area contributed by atoms with Crippen LogP contribution in [0.5, 0.6) is 5.75 Å². The third-order valence-electron chi connectivity index (χ3n) is 4.98. The fraction of sp³-hybridized carbons (Fsp3) is 0.333. The normalized spacial score (nSPS) is 15.7. The number of para-hydroxylation sites is 2. The molecule has 1 aromatic heterocycles. The molecule has 0 radical (unpaired) electrons. The molecule has 1 amide bonds. The van der Waals surface area contributed by atoms with Gasteiger partial charge in [-0.2, -0.15) is 8.78 Å². The maximum atomic E-state index is 12.3. The number of hydrogen-bond donors (Lipinski definition) is 1. The first-order valence-corrected chi connectivity index (χ1v) is 9.49. The van der Waals surface area contributed by atoms with Gasteiger partial charge in [0, 0.05) is 11.6 Å². The van der Waals surface area contributed by atoms with Crippen molar-refractivity contribution in [1.29, 1.82) is 0 Å². The van der Waals surface area contributed by atoms with Crippen molar-refractivity contribution in [2.45, 2.75) is 25.4 Å². The van der Waals surface area contributed by atoms with E-state index in [9.17, 15) is 13.6 Å². The van der Waals surface area contributed by atoms with Gasteiger partial charge in [0.2, 0.25) is 5.91 Å². The van der Waals surface area contributed by atoms with Crippen LogP contribution >= 0.6 is 0 Å². The minimum Gasteiger partial charge on any atom is -0.440 e. The molecule has 0 unspecified atom stereocenters. The Morgan fingerprint density at radius 3 is 2.59 bits per heavy atom. The first kappa shape index (κ1) is 19.3. The van der Waals surface area contributed by atoms with E-state index in [4.69, 9.17) is 4.42 Å². The average Bonchev–Trinajstić information content (AvgIpc) is 3.14. The number of anilines is 1. The topological polar surface area (TPSA) is 67.6 Å². The van der Waals surface area contributed by atoms with Gasteiger partial charge in [-0.3, -0.25) is 9.69 Å². The molecule has 152 valence electrons. The molecule has 8 heteroatoms. The number of carbonyl (C=O) groups is 1. The minimum atomic E-state index is -2.87. The summed E-state index contributed by atoms with van der Waals surface area (Å²) >= 11 is 0. The van der Waals surface area contributed by atoms with Gasteiger partial charge in [-0.15, -0.1) is 0 Å². The molecule has 3 aromatic rings. The number of nitrogens with zero attached hydrogens (tertiary/aromatic N) is 2. The van der Waals surface area contributed by atoms with Crippen molar-refractivity contribution in [2.24, 2.45) is 0 Å². The Kier molecular flexibility index (Phi) is 5.71. The summed E-state index contributed by atoms with van der Waals surface area (Å²) in [6.07, 6.45) is 1.75. The van der Waals surface area contributed by atoms with Crippen LogP contribution in [0, 0.1) is 0 Å². The Morgan fingerprint density at radius 2 is 1.90 bits per heavy atom. The van der Waals surface area contributed by atoms with Gasteiger partial charge in [0.15, 0.2) is 11.5 Å². The van der Waals surface area contributed by atoms with Crippen LogP contribution < -0.4 is 10.1 Å². The molecular weight excluding hydrogens is 380 g/mol. The summed E-state index contributed by atoms with van der Waals surface area (Å²) in [5, 5.41) is 2.78. The number of piperidine rings is 1. The number of alkyl halides is 2. The molecule has 0 aliphatic carbocycles. The largest absolute Gasteiger partial charge is 0.440 e. The number of aromatic nitrogens is 1. The number of amides is 1. The Balaban J connectivity index is 1.26. The Morgan fingerprint density at radius 1 is 1.17 bits per heavy atom. The second-order valence-electron chi connectivity index (χ2n) is 7.02. The maximum absolute atomic E-state index is 12.3. The molecule has 1 aliphatic heterocycles. The van der Waals surface area contributed by atoms with Crippen molar-refractivity contribution in [1.82, 2.24) is 9.88 Å². The molecule has 2 heterocycles. The van der Waals surface area contributed by atoms with Crippen molar-refractivity contribution >= 4 is 22.7 Å². The van der Waals surface area contributed by atoms with Gasteiger partial charge in [0.1, 0.15) is 11.3 Å². The van der Waals surface area contributed by atoms with E-state index in [0.29, 0.717) is 5.69 Å². The van der Waals surface area contributed by atoms with E-state index in [1.54, 1.807) is 0 Å². The van der Waals surface area contributed by atoms with E-state index >= 15 is 0 Å². The molecule has 1 aliphatic rings. The number of rotatable bonds is 6. The van der Waals surface area contributed by atoms with Gasteiger partial charge >= 0.3 is 6.61 Å². The quantitative estimate of drug-likeness (QED) is 0.669. The minimum absolute atomic E-state index is 0.0549. The fourth-order valence-corrected chi connectivity index (χ4v) is 3.53. The standard InChI is InChI=1S/C21H21F2N3O3/c22-21(23)28-16-7-5-15(6-8-16)24-19(27)13-26-11-9-14(10-12-26)20-25-17-3-1-2-4-18(17)29-20/h1-8,14,21H,9-13H2,(H,24,27). The van der Waals surface area contributed by atoms with E-state index in [2.05, 4.69) is 19.9 Å². The van der Waals surface area contributed by atoms with Gasteiger partial charge in [-0.1, -0.05) is 12.1 Å². The molecule has 0 bridgehead atoms. The maximum Gasteiger partial charge on any atom is 0.387 e. The van der Waals surface area contributed by atoms with Crippen LogP contribution in [0.4, 0.5) is 14.5 Å². The summed E-state index contributed by atoms with van der Waals surface area (Å²) in [5.41, 5.74) is 2.21. The molecule has 1 fully saturated rings. The van der Waals surface area contributed by atoms with Gasteiger partial charge in [-0.05, 0) is 62.3 Å².